The molecule has 1 aliphatic carbocycles. The Hall–Kier alpha value is -2.93. The quantitative estimate of drug-likeness (QED) is 0.581. The summed E-state index contributed by atoms with van der Waals surface area (Å²) in [4.78, 5) is 17.7. The van der Waals surface area contributed by atoms with Gasteiger partial charge in [0.25, 0.3) is 0 Å². The third-order valence-electron chi connectivity index (χ3n) is 7.03. The van der Waals surface area contributed by atoms with Crippen molar-refractivity contribution in [1.82, 2.24) is 10.2 Å². The van der Waals surface area contributed by atoms with Gasteiger partial charge in [-0.1, -0.05) is 18.2 Å². The first-order valence-corrected chi connectivity index (χ1v) is 12.9. The van der Waals surface area contributed by atoms with Crippen LogP contribution in [0.25, 0.3) is 0 Å². The van der Waals surface area contributed by atoms with E-state index in [4.69, 9.17) is 9.47 Å². The third kappa shape index (κ3) is 6.60. The van der Waals surface area contributed by atoms with Gasteiger partial charge >= 0.3 is 6.03 Å². The molecule has 2 aliphatic rings. The second kappa shape index (κ2) is 11.7. The van der Waals surface area contributed by atoms with Gasteiger partial charge in [-0.15, -0.1) is 0 Å². The van der Waals surface area contributed by atoms with E-state index in [2.05, 4.69) is 52.5 Å². The second-order valence-electron chi connectivity index (χ2n) is 9.96. The SMILES string of the molecule is COc1ccc(C)cc1NC(=O)NC1CCC(N2CCN(c3ccccc3OC(C)C)CC2)CC1. The van der Waals surface area contributed by atoms with E-state index in [1.54, 1.807) is 7.11 Å². The van der Waals surface area contributed by atoms with Gasteiger partial charge in [0.1, 0.15) is 11.5 Å². The van der Waals surface area contributed by atoms with Crippen LogP contribution in [0.15, 0.2) is 42.5 Å². The molecule has 2 aromatic carbocycles. The first-order valence-electron chi connectivity index (χ1n) is 12.9. The van der Waals surface area contributed by atoms with Crippen LogP contribution in [0, 0.1) is 6.92 Å². The molecule has 1 saturated heterocycles. The lowest BCUT2D eigenvalue weighted by Gasteiger charge is -2.43. The Balaban J connectivity index is 1.23. The number of para-hydroxylation sites is 2. The van der Waals surface area contributed by atoms with E-state index in [0.717, 1.165) is 63.2 Å². The summed E-state index contributed by atoms with van der Waals surface area (Å²) in [5, 5.41) is 6.13. The average Bonchev–Trinajstić information content (AvgIpc) is 2.85. The highest BCUT2D eigenvalue weighted by molar-refractivity contribution is 5.91. The van der Waals surface area contributed by atoms with Crippen molar-refractivity contribution in [2.75, 3.05) is 43.5 Å². The highest BCUT2D eigenvalue weighted by Gasteiger charge is 2.29. The fourth-order valence-electron chi connectivity index (χ4n) is 5.25. The van der Waals surface area contributed by atoms with Gasteiger partial charge in [0.2, 0.25) is 0 Å². The topological polar surface area (TPSA) is 66.1 Å². The number of ether oxygens (including phenoxy) is 2. The normalized spacial score (nSPS) is 21.0. The molecular weight excluding hydrogens is 440 g/mol. The third-order valence-corrected chi connectivity index (χ3v) is 7.03. The van der Waals surface area contributed by atoms with Gasteiger partial charge < -0.3 is 25.0 Å². The monoisotopic (exact) mass is 480 g/mol. The number of carbonyl (C=O) groups is 1. The summed E-state index contributed by atoms with van der Waals surface area (Å²) >= 11 is 0. The number of hydrogen-bond donors (Lipinski definition) is 2. The Morgan fingerprint density at radius 3 is 2.37 bits per heavy atom. The molecule has 2 fully saturated rings. The number of carbonyl (C=O) groups excluding carboxylic acids is 1. The van der Waals surface area contributed by atoms with Crippen LogP contribution < -0.4 is 25.0 Å². The molecule has 190 valence electrons. The molecule has 1 heterocycles. The molecule has 0 spiro atoms. The van der Waals surface area contributed by atoms with Crippen molar-refractivity contribution in [3.8, 4) is 11.5 Å². The van der Waals surface area contributed by atoms with Crippen LogP contribution in [0.2, 0.25) is 0 Å². The number of methoxy groups -OCH3 is 1. The Morgan fingerprint density at radius 1 is 0.971 bits per heavy atom. The van der Waals surface area contributed by atoms with Gasteiger partial charge in [0.15, 0.2) is 0 Å². The maximum atomic E-state index is 12.6. The number of hydrogen-bond acceptors (Lipinski definition) is 5. The van der Waals surface area contributed by atoms with Gasteiger partial charge in [0.05, 0.1) is 24.6 Å². The van der Waals surface area contributed by atoms with Crippen molar-refractivity contribution < 1.29 is 14.3 Å². The van der Waals surface area contributed by atoms with Gasteiger partial charge in [0, 0.05) is 38.3 Å². The highest BCUT2D eigenvalue weighted by Crippen LogP contribution is 2.31. The summed E-state index contributed by atoms with van der Waals surface area (Å²) in [5.74, 6) is 1.65. The zero-order chi connectivity index (χ0) is 24.8. The molecule has 35 heavy (non-hydrogen) atoms. The molecule has 2 amide bonds. The molecule has 2 N–H and O–H groups in total. The fraction of sp³-hybridized carbons (Fsp3) is 0.536. The number of piperazine rings is 1. The van der Waals surface area contributed by atoms with Gasteiger partial charge in [-0.05, 0) is 76.3 Å². The number of benzene rings is 2. The fourth-order valence-corrected chi connectivity index (χ4v) is 5.25. The van der Waals surface area contributed by atoms with E-state index in [9.17, 15) is 4.79 Å². The molecule has 7 heteroatoms. The molecule has 7 nitrogen and oxygen atoms in total. The predicted octanol–water partition coefficient (Wildman–Crippen LogP) is 5.05. The minimum Gasteiger partial charge on any atom is -0.495 e. The molecule has 1 aliphatic heterocycles. The second-order valence-corrected chi connectivity index (χ2v) is 9.96. The van der Waals surface area contributed by atoms with Crippen LogP contribution >= 0.6 is 0 Å². The van der Waals surface area contributed by atoms with E-state index in [1.165, 1.54) is 5.69 Å². The lowest BCUT2D eigenvalue weighted by molar-refractivity contribution is 0.137. The van der Waals surface area contributed by atoms with Crippen LogP contribution in [0.1, 0.15) is 45.1 Å². The molecule has 0 unspecified atom stereocenters. The summed E-state index contributed by atoms with van der Waals surface area (Å²) < 4.78 is 11.4. The van der Waals surface area contributed by atoms with Gasteiger partial charge in [-0.3, -0.25) is 4.90 Å². The van der Waals surface area contributed by atoms with Crippen molar-refractivity contribution in [1.29, 1.82) is 0 Å². The first-order chi connectivity index (χ1) is 16.9. The van der Waals surface area contributed by atoms with Crippen molar-refractivity contribution in [3.63, 3.8) is 0 Å². The molecule has 0 aromatic heterocycles. The average molecular weight is 481 g/mol. The molecule has 4 rings (SSSR count). The summed E-state index contributed by atoms with van der Waals surface area (Å²) in [6.07, 6.45) is 4.42. The van der Waals surface area contributed by atoms with E-state index in [1.807, 2.05) is 31.2 Å². The number of aryl methyl sites for hydroxylation is 1. The van der Waals surface area contributed by atoms with E-state index >= 15 is 0 Å². The Bertz CT molecular complexity index is 980. The van der Waals surface area contributed by atoms with Crippen molar-refractivity contribution in [2.24, 2.45) is 0 Å². The largest absolute Gasteiger partial charge is 0.495 e. The van der Waals surface area contributed by atoms with E-state index < -0.39 is 0 Å². The number of nitrogens with zero attached hydrogens (tertiary/aromatic N) is 2. The van der Waals surface area contributed by atoms with Crippen LogP contribution in [0.4, 0.5) is 16.2 Å². The minimum absolute atomic E-state index is 0.159. The van der Waals surface area contributed by atoms with E-state index in [0.29, 0.717) is 17.5 Å². The van der Waals surface area contributed by atoms with Crippen LogP contribution in [-0.4, -0.2) is 62.4 Å². The Labute approximate surface area is 209 Å². The molecule has 2 aromatic rings. The number of urea groups is 1. The lowest BCUT2D eigenvalue weighted by atomic mass is 9.90. The standard InChI is InChI=1S/C28H40N4O3/c1-20(2)35-27-8-6-5-7-25(27)32-17-15-31(16-18-32)23-12-10-22(11-13-23)29-28(33)30-24-19-21(3)9-14-26(24)34-4/h5-9,14,19-20,22-23H,10-13,15-18H2,1-4H3,(H2,29,30,33). The summed E-state index contributed by atoms with van der Waals surface area (Å²) in [5.41, 5.74) is 2.99. The van der Waals surface area contributed by atoms with Crippen LogP contribution in [0.3, 0.4) is 0 Å². The predicted molar refractivity (Wildman–Crippen MR) is 142 cm³/mol. The Kier molecular flexibility index (Phi) is 8.39. The molecule has 0 bridgehead atoms. The number of amides is 2. The van der Waals surface area contributed by atoms with Crippen molar-refractivity contribution >= 4 is 17.4 Å². The highest BCUT2D eigenvalue weighted by atomic mass is 16.5. The zero-order valence-electron chi connectivity index (χ0n) is 21.5. The maximum Gasteiger partial charge on any atom is 0.319 e. The van der Waals surface area contributed by atoms with Crippen LogP contribution in [-0.2, 0) is 0 Å². The van der Waals surface area contributed by atoms with Crippen LogP contribution in [0.5, 0.6) is 11.5 Å². The number of anilines is 2. The number of rotatable bonds is 7. The lowest BCUT2D eigenvalue weighted by Crippen LogP contribution is -2.52. The molecular formula is C28H40N4O3. The minimum atomic E-state index is -0.159. The zero-order valence-corrected chi connectivity index (χ0v) is 21.5. The van der Waals surface area contributed by atoms with Crippen molar-refractivity contribution in [2.45, 2.75) is 64.6 Å². The van der Waals surface area contributed by atoms with Crippen molar-refractivity contribution in [3.05, 3.63) is 48.0 Å². The molecule has 0 radical (unpaired) electrons. The number of nitrogens with one attached hydrogen (secondary N) is 2. The summed E-state index contributed by atoms with van der Waals surface area (Å²) in [6.45, 7) is 10.3. The van der Waals surface area contributed by atoms with Gasteiger partial charge in [-0.25, -0.2) is 4.79 Å². The molecule has 1 saturated carbocycles. The Morgan fingerprint density at radius 2 is 1.69 bits per heavy atom. The van der Waals surface area contributed by atoms with Gasteiger partial charge in [-0.2, -0.15) is 0 Å². The summed E-state index contributed by atoms with van der Waals surface area (Å²) in [7, 11) is 1.62. The smallest absolute Gasteiger partial charge is 0.319 e. The summed E-state index contributed by atoms with van der Waals surface area (Å²) in [6, 6.07) is 14.8. The molecule has 0 atom stereocenters. The van der Waals surface area contributed by atoms with E-state index in [-0.39, 0.29) is 18.2 Å². The maximum absolute atomic E-state index is 12.6. The first kappa shape index (κ1) is 25.2.